The van der Waals surface area contributed by atoms with Gasteiger partial charge in [-0.3, -0.25) is 9.59 Å². The zero-order chi connectivity index (χ0) is 23.4. The van der Waals surface area contributed by atoms with Crippen LogP contribution in [0.4, 0.5) is 0 Å². The van der Waals surface area contributed by atoms with Crippen LogP contribution in [0.15, 0.2) is 0 Å². The highest BCUT2D eigenvalue weighted by Crippen LogP contribution is 2.31. The molecule has 0 aromatic carbocycles. The van der Waals surface area contributed by atoms with Crippen molar-refractivity contribution in [2.75, 3.05) is 19.8 Å². The Bertz CT molecular complexity index is 475. The molecule has 3 atom stereocenters. The van der Waals surface area contributed by atoms with E-state index in [0.717, 1.165) is 25.7 Å². The Morgan fingerprint density at radius 3 is 1.91 bits per heavy atom. The first-order chi connectivity index (χ1) is 15.5. The molecule has 2 N–H and O–H groups in total. The quantitative estimate of drug-likeness (QED) is 0.193. The van der Waals surface area contributed by atoms with E-state index in [1.54, 1.807) is 0 Å². The van der Waals surface area contributed by atoms with Crippen molar-refractivity contribution in [3.05, 3.63) is 0 Å². The van der Waals surface area contributed by atoms with Crippen LogP contribution < -0.4 is 0 Å². The van der Waals surface area contributed by atoms with E-state index >= 15 is 0 Å². The van der Waals surface area contributed by atoms with E-state index in [-0.39, 0.29) is 24.9 Å². The molecule has 0 aromatic rings. The number of unbranched alkanes of at least 4 members (excludes halogenated alkanes) is 8. The fourth-order valence-electron chi connectivity index (χ4n) is 4.84. The van der Waals surface area contributed by atoms with Crippen LogP contribution in [0, 0.1) is 11.8 Å². The average Bonchev–Trinajstić information content (AvgIpc) is 2.77. The van der Waals surface area contributed by atoms with Gasteiger partial charge in [-0.1, -0.05) is 71.1 Å². The minimum Gasteiger partial charge on any atom is -0.481 e. The van der Waals surface area contributed by atoms with Gasteiger partial charge in [-0.05, 0) is 43.9 Å². The summed E-state index contributed by atoms with van der Waals surface area (Å²) in [6.07, 6.45) is 17.4. The minimum absolute atomic E-state index is 0.0302. The van der Waals surface area contributed by atoms with Crippen molar-refractivity contribution in [1.82, 2.24) is 0 Å². The zero-order valence-electron chi connectivity index (χ0n) is 20.4. The Morgan fingerprint density at radius 2 is 1.34 bits per heavy atom. The van der Waals surface area contributed by atoms with Crippen LogP contribution in [0.3, 0.4) is 0 Å². The number of rotatable bonds is 21. The molecule has 188 valence electrons. The highest BCUT2D eigenvalue weighted by molar-refractivity contribution is 5.66. The van der Waals surface area contributed by atoms with Gasteiger partial charge in [-0.25, -0.2) is 0 Å². The highest BCUT2D eigenvalue weighted by atomic mass is 16.6. The van der Waals surface area contributed by atoms with Crippen LogP contribution in [-0.2, 0) is 19.1 Å². The van der Waals surface area contributed by atoms with Crippen LogP contribution in [0.1, 0.15) is 116 Å². The van der Waals surface area contributed by atoms with E-state index in [0.29, 0.717) is 38.6 Å². The Kier molecular flexibility index (Phi) is 17.5. The molecule has 1 saturated heterocycles. The maximum Gasteiger partial charge on any atom is 0.303 e. The third kappa shape index (κ3) is 15.6. The van der Waals surface area contributed by atoms with Crippen LogP contribution in [-0.4, -0.2) is 48.1 Å². The first-order valence-corrected chi connectivity index (χ1v) is 13.2. The van der Waals surface area contributed by atoms with Crippen LogP contribution in [0.5, 0.6) is 0 Å². The fourth-order valence-corrected chi connectivity index (χ4v) is 4.84. The van der Waals surface area contributed by atoms with Crippen molar-refractivity contribution in [1.29, 1.82) is 0 Å². The number of hydrogen-bond donors (Lipinski definition) is 2. The first kappa shape index (κ1) is 28.9. The van der Waals surface area contributed by atoms with Crippen molar-refractivity contribution < 1.29 is 29.3 Å². The van der Waals surface area contributed by atoms with E-state index in [1.165, 1.54) is 57.8 Å². The lowest BCUT2D eigenvalue weighted by molar-refractivity contribution is -0.138. The van der Waals surface area contributed by atoms with E-state index in [2.05, 4.69) is 6.92 Å². The van der Waals surface area contributed by atoms with Gasteiger partial charge in [-0.15, -0.1) is 0 Å². The standard InChI is InChI=1S/C26H48O6/c1-2-3-4-5-6-7-8-9-10-13-22(14-11-16-25(27)28)20-23(15-12-17-26(29)30)24-21-31-18-19-32-24/h22-24H,2-21H2,1H3,(H,27,28)(H,29,30). The summed E-state index contributed by atoms with van der Waals surface area (Å²) in [5.74, 6) is -0.728. The second kappa shape index (κ2) is 19.3. The molecule has 0 spiro atoms. The van der Waals surface area contributed by atoms with Crippen LogP contribution in [0.2, 0.25) is 0 Å². The highest BCUT2D eigenvalue weighted by Gasteiger charge is 2.27. The lowest BCUT2D eigenvalue weighted by Crippen LogP contribution is -2.36. The summed E-state index contributed by atoms with van der Waals surface area (Å²) in [5, 5.41) is 18.1. The molecule has 0 aromatic heterocycles. The molecule has 1 aliphatic heterocycles. The summed E-state index contributed by atoms with van der Waals surface area (Å²) in [7, 11) is 0. The van der Waals surface area contributed by atoms with Gasteiger partial charge in [0.1, 0.15) is 0 Å². The van der Waals surface area contributed by atoms with Gasteiger partial charge in [0.25, 0.3) is 0 Å². The minimum atomic E-state index is -0.753. The second-order valence-corrected chi connectivity index (χ2v) is 9.54. The molecule has 1 rings (SSSR count). The van der Waals surface area contributed by atoms with Crippen molar-refractivity contribution in [2.45, 2.75) is 122 Å². The number of hydrogen-bond acceptors (Lipinski definition) is 4. The fraction of sp³-hybridized carbons (Fsp3) is 0.923. The average molecular weight is 457 g/mol. The smallest absolute Gasteiger partial charge is 0.303 e. The van der Waals surface area contributed by atoms with Crippen molar-refractivity contribution in [3.63, 3.8) is 0 Å². The van der Waals surface area contributed by atoms with Gasteiger partial charge >= 0.3 is 11.9 Å². The van der Waals surface area contributed by atoms with Gasteiger partial charge < -0.3 is 19.7 Å². The van der Waals surface area contributed by atoms with Gasteiger partial charge in [0.15, 0.2) is 0 Å². The Balaban J connectivity index is 2.47. The maximum atomic E-state index is 11.0. The van der Waals surface area contributed by atoms with Crippen LogP contribution >= 0.6 is 0 Å². The Labute approximate surface area is 195 Å². The second-order valence-electron chi connectivity index (χ2n) is 9.54. The Hall–Kier alpha value is -1.14. The van der Waals surface area contributed by atoms with E-state index in [1.807, 2.05) is 0 Å². The molecule has 0 bridgehead atoms. The first-order valence-electron chi connectivity index (χ1n) is 13.2. The third-order valence-electron chi connectivity index (χ3n) is 6.69. The molecule has 32 heavy (non-hydrogen) atoms. The van der Waals surface area contributed by atoms with Gasteiger partial charge in [0, 0.05) is 12.8 Å². The van der Waals surface area contributed by atoms with Crippen LogP contribution in [0.25, 0.3) is 0 Å². The Morgan fingerprint density at radius 1 is 0.781 bits per heavy atom. The number of carboxylic acids is 2. The number of ether oxygens (including phenoxy) is 2. The molecule has 1 heterocycles. The molecule has 0 amide bonds. The van der Waals surface area contributed by atoms with Crippen molar-refractivity contribution in [2.24, 2.45) is 11.8 Å². The molecule has 0 aliphatic carbocycles. The molecule has 1 aliphatic rings. The predicted molar refractivity (Wildman–Crippen MR) is 127 cm³/mol. The zero-order valence-corrected chi connectivity index (χ0v) is 20.4. The van der Waals surface area contributed by atoms with Gasteiger partial charge in [-0.2, -0.15) is 0 Å². The summed E-state index contributed by atoms with van der Waals surface area (Å²) in [5.41, 5.74) is 0. The topological polar surface area (TPSA) is 93.1 Å². The molecule has 3 unspecified atom stereocenters. The molecular weight excluding hydrogens is 408 g/mol. The number of carboxylic acid groups (broad SMARTS) is 2. The molecule has 0 radical (unpaired) electrons. The summed E-state index contributed by atoms with van der Waals surface area (Å²) in [6, 6.07) is 0. The summed E-state index contributed by atoms with van der Waals surface area (Å²) >= 11 is 0. The molecule has 1 fully saturated rings. The largest absolute Gasteiger partial charge is 0.481 e. The van der Waals surface area contributed by atoms with Gasteiger partial charge in [0.05, 0.1) is 25.9 Å². The lowest BCUT2D eigenvalue weighted by atomic mass is 9.81. The molecular formula is C26H48O6. The maximum absolute atomic E-state index is 11.0. The molecule has 0 saturated carbocycles. The van der Waals surface area contributed by atoms with Gasteiger partial charge in [0.2, 0.25) is 0 Å². The summed E-state index contributed by atoms with van der Waals surface area (Å²) < 4.78 is 11.6. The van der Waals surface area contributed by atoms with E-state index in [9.17, 15) is 9.59 Å². The summed E-state index contributed by atoms with van der Waals surface area (Å²) in [4.78, 5) is 22.0. The third-order valence-corrected chi connectivity index (χ3v) is 6.69. The van der Waals surface area contributed by atoms with Crippen molar-refractivity contribution in [3.8, 4) is 0 Å². The van der Waals surface area contributed by atoms with Crippen molar-refractivity contribution >= 4 is 11.9 Å². The number of aliphatic carboxylic acids is 2. The predicted octanol–water partition coefficient (Wildman–Crippen LogP) is 6.46. The summed E-state index contributed by atoms with van der Waals surface area (Å²) in [6.45, 7) is 4.05. The monoisotopic (exact) mass is 456 g/mol. The lowest BCUT2D eigenvalue weighted by Gasteiger charge is -2.33. The SMILES string of the molecule is CCCCCCCCCCCC(CCCC(=O)O)CC(CCCC(=O)O)C1COCCO1. The van der Waals surface area contributed by atoms with E-state index < -0.39 is 11.9 Å². The molecule has 6 heteroatoms. The molecule has 6 nitrogen and oxygen atoms in total. The van der Waals surface area contributed by atoms with E-state index in [4.69, 9.17) is 19.7 Å². The number of carbonyl (C=O) groups is 2. The normalized spacial score (nSPS) is 18.3.